The van der Waals surface area contributed by atoms with Crippen LogP contribution < -0.4 is 10.1 Å². The number of hydrogen-bond acceptors (Lipinski definition) is 5. The van der Waals surface area contributed by atoms with Gasteiger partial charge in [-0.3, -0.25) is 4.79 Å². The Morgan fingerprint density at radius 3 is 2.46 bits per heavy atom. The lowest BCUT2D eigenvalue weighted by Gasteiger charge is -2.06. The molecule has 0 unspecified atom stereocenters. The van der Waals surface area contributed by atoms with Crippen LogP contribution in [0.4, 0.5) is 0 Å². The molecule has 2 rings (SSSR count). The van der Waals surface area contributed by atoms with Gasteiger partial charge in [0, 0.05) is 6.54 Å². The van der Waals surface area contributed by atoms with Gasteiger partial charge in [-0.15, -0.1) is 0 Å². The second kappa shape index (κ2) is 11.2. The minimum atomic E-state index is -0.439. The zero-order valence-electron chi connectivity index (χ0n) is 15.7. The molecule has 0 aliphatic carbocycles. The number of carbonyl (C=O) groups excluding carboxylic acids is 2. The summed E-state index contributed by atoms with van der Waals surface area (Å²) in [7, 11) is 0. The van der Waals surface area contributed by atoms with Crippen molar-refractivity contribution in [3.05, 3.63) is 71.3 Å². The standard InChI is InChI=1S/C22H22N2O4/c1-2-27-21(25)16-28-20-10-8-18(9-11-20)14-19(15-23)22(26)24-13-12-17-6-4-3-5-7-17/h3-11,14H,2,12-13,16H2,1H3,(H,24,26)/b19-14+. The smallest absolute Gasteiger partial charge is 0.344 e. The van der Waals surface area contributed by atoms with Gasteiger partial charge in [-0.25, -0.2) is 4.79 Å². The van der Waals surface area contributed by atoms with Crippen LogP contribution in [0.5, 0.6) is 5.75 Å². The molecule has 0 saturated heterocycles. The summed E-state index contributed by atoms with van der Waals surface area (Å²) in [4.78, 5) is 23.5. The number of amides is 1. The molecule has 6 heteroatoms. The third-order valence-electron chi connectivity index (χ3n) is 3.76. The van der Waals surface area contributed by atoms with E-state index in [0.717, 1.165) is 5.56 Å². The molecule has 0 bridgehead atoms. The van der Waals surface area contributed by atoms with E-state index in [-0.39, 0.29) is 12.2 Å². The van der Waals surface area contributed by atoms with E-state index in [1.807, 2.05) is 36.4 Å². The molecule has 2 aromatic carbocycles. The number of nitriles is 1. The SMILES string of the molecule is CCOC(=O)COc1ccc(/C=C(\C#N)C(=O)NCCc2ccccc2)cc1. The van der Waals surface area contributed by atoms with Crippen LogP contribution in [-0.4, -0.2) is 31.6 Å². The van der Waals surface area contributed by atoms with Crippen molar-refractivity contribution in [1.29, 1.82) is 5.26 Å². The Bertz CT molecular complexity index is 852. The third kappa shape index (κ3) is 6.96. The lowest BCUT2D eigenvalue weighted by Crippen LogP contribution is -2.26. The molecule has 0 aromatic heterocycles. The first-order chi connectivity index (χ1) is 13.6. The Balaban J connectivity index is 1.89. The Labute approximate surface area is 164 Å². The van der Waals surface area contributed by atoms with Crippen molar-refractivity contribution in [1.82, 2.24) is 5.32 Å². The van der Waals surface area contributed by atoms with Gasteiger partial charge in [0.1, 0.15) is 17.4 Å². The zero-order chi connectivity index (χ0) is 20.2. The van der Waals surface area contributed by atoms with E-state index in [0.29, 0.717) is 30.9 Å². The number of ether oxygens (including phenoxy) is 2. The summed E-state index contributed by atoms with van der Waals surface area (Å²) in [5.41, 5.74) is 1.81. The van der Waals surface area contributed by atoms with Gasteiger partial charge in [0.25, 0.3) is 5.91 Å². The third-order valence-corrected chi connectivity index (χ3v) is 3.76. The molecule has 0 atom stereocenters. The minimum absolute atomic E-state index is 0.0215. The summed E-state index contributed by atoms with van der Waals surface area (Å²) < 4.78 is 10.1. The average molecular weight is 378 g/mol. The molecule has 0 fully saturated rings. The first-order valence-electron chi connectivity index (χ1n) is 8.94. The zero-order valence-corrected chi connectivity index (χ0v) is 15.7. The predicted molar refractivity (Wildman–Crippen MR) is 105 cm³/mol. The highest BCUT2D eigenvalue weighted by molar-refractivity contribution is 6.01. The van der Waals surface area contributed by atoms with Gasteiger partial charge in [-0.2, -0.15) is 5.26 Å². The number of carbonyl (C=O) groups is 2. The highest BCUT2D eigenvalue weighted by Gasteiger charge is 2.09. The molecule has 6 nitrogen and oxygen atoms in total. The second-order valence-electron chi connectivity index (χ2n) is 5.82. The Hall–Kier alpha value is -3.59. The van der Waals surface area contributed by atoms with Gasteiger partial charge < -0.3 is 14.8 Å². The second-order valence-corrected chi connectivity index (χ2v) is 5.82. The largest absolute Gasteiger partial charge is 0.482 e. The minimum Gasteiger partial charge on any atom is -0.482 e. The summed E-state index contributed by atoms with van der Waals surface area (Å²) in [5.74, 6) is -0.359. The van der Waals surface area contributed by atoms with Gasteiger partial charge in [-0.1, -0.05) is 42.5 Å². The van der Waals surface area contributed by atoms with Crippen LogP contribution in [0.1, 0.15) is 18.1 Å². The monoisotopic (exact) mass is 378 g/mol. The van der Waals surface area contributed by atoms with E-state index in [1.54, 1.807) is 31.2 Å². The van der Waals surface area contributed by atoms with E-state index >= 15 is 0 Å². The molecule has 0 aliphatic heterocycles. The summed E-state index contributed by atoms with van der Waals surface area (Å²) in [6.45, 7) is 2.30. The summed E-state index contributed by atoms with van der Waals surface area (Å²) in [6.07, 6.45) is 2.20. The maximum atomic E-state index is 12.2. The van der Waals surface area contributed by atoms with Crippen LogP contribution >= 0.6 is 0 Å². The quantitative estimate of drug-likeness (QED) is 0.412. The first-order valence-corrected chi connectivity index (χ1v) is 8.94. The number of hydrogen-bond donors (Lipinski definition) is 1. The number of benzene rings is 2. The van der Waals surface area contributed by atoms with Crippen LogP contribution in [0, 0.1) is 11.3 Å². The van der Waals surface area contributed by atoms with Crippen LogP contribution in [0.3, 0.4) is 0 Å². The fourth-order valence-electron chi connectivity index (χ4n) is 2.38. The van der Waals surface area contributed by atoms with Crippen molar-refractivity contribution in [3.8, 4) is 11.8 Å². The molecule has 0 heterocycles. The van der Waals surface area contributed by atoms with Crippen molar-refractivity contribution in [2.45, 2.75) is 13.3 Å². The van der Waals surface area contributed by atoms with Crippen molar-refractivity contribution in [3.63, 3.8) is 0 Å². The van der Waals surface area contributed by atoms with Crippen molar-refractivity contribution < 1.29 is 19.1 Å². The summed E-state index contributed by atoms with van der Waals surface area (Å²) in [5, 5.41) is 12.0. The van der Waals surface area contributed by atoms with E-state index in [9.17, 15) is 14.9 Å². The van der Waals surface area contributed by atoms with Crippen LogP contribution in [0.25, 0.3) is 6.08 Å². The van der Waals surface area contributed by atoms with Crippen LogP contribution in [0.2, 0.25) is 0 Å². The van der Waals surface area contributed by atoms with E-state index in [2.05, 4.69) is 5.32 Å². The van der Waals surface area contributed by atoms with Gasteiger partial charge in [0.15, 0.2) is 6.61 Å². The normalized spacial score (nSPS) is 10.6. The molecule has 0 radical (unpaired) electrons. The van der Waals surface area contributed by atoms with Gasteiger partial charge in [0.05, 0.1) is 6.61 Å². The Morgan fingerprint density at radius 2 is 1.82 bits per heavy atom. The van der Waals surface area contributed by atoms with Crippen molar-refractivity contribution >= 4 is 18.0 Å². The molecule has 1 amide bonds. The number of rotatable bonds is 9. The van der Waals surface area contributed by atoms with Gasteiger partial charge >= 0.3 is 5.97 Å². The molecule has 0 spiro atoms. The van der Waals surface area contributed by atoms with Gasteiger partial charge in [0.2, 0.25) is 0 Å². The molecule has 144 valence electrons. The highest BCUT2D eigenvalue weighted by atomic mass is 16.6. The van der Waals surface area contributed by atoms with E-state index in [4.69, 9.17) is 9.47 Å². The first kappa shape index (κ1) is 20.7. The maximum Gasteiger partial charge on any atom is 0.344 e. The fraction of sp³-hybridized carbons (Fsp3) is 0.227. The molecule has 0 saturated carbocycles. The highest BCUT2D eigenvalue weighted by Crippen LogP contribution is 2.15. The van der Waals surface area contributed by atoms with Crippen molar-refractivity contribution in [2.24, 2.45) is 0 Å². The fourth-order valence-corrected chi connectivity index (χ4v) is 2.38. The number of esters is 1. The summed E-state index contributed by atoms with van der Waals surface area (Å²) >= 11 is 0. The van der Waals surface area contributed by atoms with Crippen LogP contribution in [-0.2, 0) is 20.7 Å². The number of nitrogens with one attached hydrogen (secondary N) is 1. The molecule has 28 heavy (non-hydrogen) atoms. The Kier molecular flexibility index (Phi) is 8.28. The lowest BCUT2D eigenvalue weighted by molar-refractivity contribution is -0.145. The van der Waals surface area contributed by atoms with Gasteiger partial charge in [-0.05, 0) is 42.7 Å². The number of nitrogens with zero attached hydrogens (tertiary/aromatic N) is 1. The molecule has 1 N–H and O–H groups in total. The summed E-state index contributed by atoms with van der Waals surface area (Å²) in [6, 6.07) is 18.4. The molecule has 0 aliphatic rings. The molecular weight excluding hydrogens is 356 g/mol. The van der Waals surface area contributed by atoms with Crippen LogP contribution in [0.15, 0.2) is 60.2 Å². The topological polar surface area (TPSA) is 88.4 Å². The molecule has 2 aromatic rings. The Morgan fingerprint density at radius 1 is 1.11 bits per heavy atom. The molecular formula is C22H22N2O4. The maximum absolute atomic E-state index is 12.2. The predicted octanol–water partition coefficient (Wildman–Crippen LogP) is 2.89. The van der Waals surface area contributed by atoms with E-state index in [1.165, 1.54) is 6.08 Å². The van der Waals surface area contributed by atoms with E-state index < -0.39 is 11.9 Å². The lowest BCUT2D eigenvalue weighted by atomic mass is 10.1. The van der Waals surface area contributed by atoms with Crippen molar-refractivity contribution in [2.75, 3.05) is 19.8 Å². The average Bonchev–Trinajstić information content (AvgIpc) is 2.72.